The molecule has 1 unspecified atom stereocenters. The molecule has 144 valence electrons. The molecular weight excluding hydrogens is 346 g/mol. The lowest BCUT2D eigenvalue weighted by Gasteiger charge is -2.26. The van der Waals surface area contributed by atoms with Gasteiger partial charge in [0, 0.05) is 25.1 Å². The Bertz CT molecular complexity index is 845. The molecule has 6 heteroatoms. The van der Waals surface area contributed by atoms with Crippen LogP contribution in [0.3, 0.4) is 0 Å². The first kappa shape index (κ1) is 18.9. The number of anilines is 1. The zero-order valence-electron chi connectivity index (χ0n) is 16.1. The van der Waals surface area contributed by atoms with E-state index in [2.05, 4.69) is 4.90 Å². The van der Waals surface area contributed by atoms with Crippen molar-refractivity contribution in [2.45, 2.75) is 26.4 Å². The van der Waals surface area contributed by atoms with E-state index < -0.39 is 6.10 Å². The number of methoxy groups -OCH3 is 2. The first-order valence-electron chi connectivity index (χ1n) is 9.06. The largest absolute Gasteiger partial charge is 0.506 e. The molecule has 27 heavy (non-hydrogen) atoms. The highest BCUT2D eigenvalue weighted by atomic mass is 16.5. The summed E-state index contributed by atoms with van der Waals surface area (Å²) in [5.41, 5.74) is 2.97. The number of ether oxygens (including phenoxy) is 3. The van der Waals surface area contributed by atoms with Crippen molar-refractivity contribution in [3.63, 3.8) is 0 Å². The molecule has 0 fully saturated rings. The molecule has 0 radical (unpaired) electrons. The standard InChI is InChI=1S/C21H25NO5/c1-5-22(6-2)20-13(8-7-9-16(20)23)10-17-14-11-18(25-3)19(26-4)12-15(14)21(24)27-17/h7-9,11-12,17,23H,5-6,10H2,1-4H3. The minimum atomic E-state index is -0.441. The van der Waals surface area contributed by atoms with E-state index in [9.17, 15) is 9.90 Å². The molecule has 1 heterocycles. The maximum absolute atomic E-state index is 12.4. The quantitative estimate of drug-likeness (QED) is 0.749. The van der Waals surface area contributed by atoms with Gasteiger partial charge in [0.25, 0.3) is 0 Å². The van der Waals surface area contributed by atoms with Gasteiger partial charge in [0.1, 0.15) is 11.9 Å². The number of cyclic esters (lactones) is 1. The van der Waals surface area contributed by atoms with Crippen molar-refractivity contribution >= 4 is 11.7 Å². The Labute approximate surface area is 159 Å². The fourth-order valence-corrected chi connectivity index (χ4v) is 3.59. The fraction of sp³-hybridized carbons (Fsp3) is 0.381. The predicted molar refractivity (Wildman–Crippen MR) is 103 cm³/mol. The number of para-hydroxylation sites is 1. The molecule has 0 aliphatic carbocycles. The Morgan fingerprint density at radius 3 is 2.41 bits per heavy atom. The molecule has 6 nitrogen and oxygen atoms in total. The number of nitrogens with zero attached hydrogens (tertiary/aromatic N) is 1. The third kappa shape index (κ3) is 3.39. The molecule has 1 aliphatic rings. The number of hydrogen-bond acceptors (Lipinski definition) is 6. The fourth-order valence-electron chi connectivity index (χ4n) is 3.59. The number of phenols is 1. The second-order valence-electron chi connectivity index (χ2n) is 6.35. The van der Waals surface area contributed by atoms with Crippen LogP contribution in [-0.4, -0.2) is 38.4 Å². The van der Waals surface area contributed by atoms with Crippen molar-refractivity contribution in [2.24, 2.45) is 0 Å². The maximum Gasteiger partial charge on any atom is 0.339 e. The van der Waals surface area contributed by atoms with E-state index in [0.717, 1.165) is 29.9 Å². The average Bonchev–Trinajstić information content (AvgIpc) is 2.98. The minimum Gasteiger partial charge on any atom is -0.506 e. The predicted octanol–water partition coefficient (Wildman–Crippen LogP) is 3.71. The summed E-state index contributed by atoms with van der Waals surface area (Å²) in [6.45, 7) is 5.63. The van der Waals surface area contributed by atoms with Crippen molar-refractivity contribution in [3.05, 3.63) is 47.0 Å². The molecule has 0 spiro atoms. The van der Waals surface area contributed by atoms with Crippen molar-refractivity contribution in [2.75, 3.05) is 32.2 Å². The Kier molecular flexibility index (Phi) is 5.44. The normalized spacial score (nSPS) is 15.3. The molecule has 3 rings (SSSR count). The molecule has 0 saturated carbocycles. The van der Waals surface area contributed by atoms with Gasteiger partial charge in [-0.3, -0.25) is 0 Å². The van der Waals surface area contributed by atoms with E-state index in [4.69, 9.17) is 14.2 Å². The van der Waals surface area contributed by atoms with Crippen LogP contribution >= 0.6 is 0 Å². The van der Waals surface area contributed by atoms with E-state index in [1.54, 1.807) is 25.3 Å². The van der Waals surface area contributed by atoms with Crippen LogP contribution in [0.25, 0.3) is 0 Å². The van der Waals surface area contributed by atoms with E-state index in [-0.39, 0.29) is 11.7 Å². The molecule has 0 aromatic heterocycles. The van der Waals surface area contributed by atoms with Crippen LogP contribution in [0.1, 0.15) is 41.4 Å². The number of phenolic OH excluding ortho intramolecular Hbond substituents is 1. The monoisotopic (exact) mass is 371 g/mol. The molecule has 0 amide bonds. The van der Waals surface area contributed by atoms with Gasteiger partial charge in [0.2, 0.25) is 0 Å². The molecular formula is C21H25NO5. The van der Waals surface area contributed by atoms with Gasteiger partial charge in [-0.2, -0.15) is 0 Å². The second kappa shape index (κ2) is 7.78. The molecule has 0 saturated heterocycles. The average molecular weight is 371 g/mol. The van der Waals surface area contributed by atoms with Gasteiger partial charge in [-0.1, -0.05) is 12.1 Å². The van der Waals surface area contributed by atoms with Gasteiger partial charge in [0.05, 0.1) is 25.5 Å². The van der Waals surface area contributed by atoms with Gasteiger partial charge < -0.3 is 24.2 Å². The number of aromatic hydroxyl groups is 1. The number of hydrogen-bond donors (Lipinski definition) is 1. The lowest BCUT2D eigenvalue weighted by molar-refractivity contribution is 0.0387. The van der Waals surface area contributed by atoms with Gasteiger partial charge in [-0.25, -0.2) is 4.79 Å². The lowest BCUT2D eigenvalue weighted by atomic mass is 9.97. The third-order valence-corrected chi connectivity index (χ3v) is 4.96. The van der Waals surface area contributed by atoms with Gasteiger partial charge in [0.15, 0.2) is 11.5 Å². The lowest BCUT2D eigenvalue weighted by Crippen LogP contribution is -2.23. The van der Waals surface area contributed by atoms with Gasteiger partial charge >= 0.3 is 5.97 Å². The summed E-state index contributed by atoms with van der Waals surface area (Å²) in [7, 11) is 3.09. The maximum atomic E-state index is 12.4. The molecule has 1 N–H and O–H groups in total. The highest BCUT2D eigenvalue weighted by molar-refractivity contribution is 5.95. The van der Waals surface area contributed by atoms with Crippen LogP contribution in [0.4, 0.5) is 5.69 Å². The smallest absolute Gasteiger partial charge is 0.339 e. The van der Waals surface area contributed by atoms with Gasteiger partial charge in [-0.15, -0.1) is 0 Å². The number of carbonyl (C=O) groups is 1. The Balaban J connectivity index is 2.00. The molecule has 1 aliphatic heterocycles. The summed E-state index contributed by atoms with van der Waals surface area (Å²) in [6.07, 6.45) is 0.0254. The van der Waals surface area contributed by atoms with Crippen LogP contribution in [0.2, 0.25) is 0 Å². The number of fused-ring (bicyclic) bond motifs is 1. The summed E-state index contributed by atoms with van der Waals surface area (Å²) < 4.78 is 16.3. The Morgan fingerprint density at radius 2 is 1.78 bits per heavy atom. The van der Waals surface area contributed by atoms with E-state index >= 15 is 0 Å². The zero-order chi connectivity index (χ0) is 19.6. The SMILES string of the molecule is CCN(CC)c1c(O)cccc1CC1OC(=O)c2cc(OC)c(OC)cc21. The number of esters is 1. The third-order valence-electron chi connectivity index (χ3n) is 4.96. The topological polar surface area (TPSA) is 68.2 Å². The summed E-state index contributed by atoms with van der Waals surface area (Å²) in [6, 6.07) is 8.90. The van der Waals surface area contributed by atoms with Crippen LogP contribution in [0.15, 0.2) is 30.3 Å². The van der Waals surface area contributed by atoms with Crippen molar-refractivity contribution < 1.29 is 24.1 Å². The van der Waals surface area contributed by atoms with Crippen LogP contribution < -0.4 is 14.4 Å². The van der Waals surface area contributed by atoms with E-state index in [0.29, 0.717) is 23.5 Å². The first-order valence-corrected chi connectivity index (χ1v) is 9.06. The zero-order valence-corrected chi connectivity index (χ0v) is 16.1. The summed E-state index contributed by atoms with van der Waals surface area (Å²) in [5.74, 6) is 0.906. The van der Waals surface area contributed by atoms with Crippen molar-refractivity contribution in [3.8, 4) is 17.2 Å². The Hall–Kier alpha value is -2.89. The molecule has 0 bridgehead atoms. The summed E-state index contributed by atoms with van der Waals surface area (Å²) >= 11 is 0. The first-order chi connectivity index (χ1) is 13.0. The Morgan fingerprint density at radius 1 is 1.11 bits per heavy atom. The van der Waals surface area contributed by atoms with E-state index in [1.807, 2.05) is 26.0 Å². The number of benzene rings is 2. The van der Waals surface area contributed by atoms with Crippen LogP contribution in [-0.2, 0) is 11.2 Å². The number of carbonyl (C=O) groups excluding carboxylic acids is 1. The summed E-state index contributed by atoms with van der Waals surface area (Å²) in [4.78, 5) is 14.4. The number of rotatable bonds is 7. The van der Waals surface area contributed by atoms with E-state index in [1.165, 1.54) is 7.11 Å². The van der Waals surface area contributed by atoms with Crippen LogP contribution in [0.5, 0.6) is 17.2 Å². The summed E-state index contributed by atoms with van der Waals surface area (Å²) in [5, 5.41) is 10.4. The molecule has 2 aromatic carbocycles. The highest BCUT2D eigenvalue weighted by Gasteiger charge is 2.34. The van der Waals surface area contributed by atoms with Crippen LogP contribution in [0, 0.1) is 0 Å². The van der Waals surface area contributed by atoms with Gasteiger partial charge in [-0.05, 0) is 37.6 Å². The van der Waals surface area contributed by atoms with Crippen molar-refractivity contribution in [1.82, 2.24) is 0 Å². The van der Waals surface area contributed by atoms with Crippen molar-refractivity contribution in [1.29, 1.82) is 0 Å². The highest BCUT2D eigenvalue weighted by Crippen LogP contribution is 2.42. The molecule has 1 atom stereocenters. The minimum absolute atomic E-state index is 0.230. The second-order valence-corrected chi connectivity index (χ2v) is 6.35. The molecule has 2 aromatic rings.